The second-order valence-corrected chi connectivity index (χ2v) is 13.0. The van der Waals surface area contributed by atoms with Crippen LogP contribution in [0, 0.1) is 24.7 Å². The monoisotopic (exact) mass is 670 g/mol. The van der Waals surface area contributed by atoms with Gasteiger partial charge in [-0.05, 0) is 82.9 Å². The zero-order valence-corrected chi connectivity index (χ0v) is 28.4. The standard InChI is InChI=1S/C48H34N2O2/c1-3-31-51-37-27-23-33(24-28-37)43-45-39-19-11-13-21-41(39)50(36-17-9-6-10-18-36)48(45)44(34-25-29-38(30-26-34)52-32-4-2)46-40-20-12-14-22-42(40)49(47(43)46)35-15-7-5-8-16-35/h1-2,5-30,43-44H,31-32H2. The summed E-state index contributed by atoms with van der Waals surface area (Å²) in [6, 6.07) is 56.0. The first kappa shape index (κ1) is 31.1. The van der Waals surface area contributed by atoms with Crippen molar-refractivity contribution in [2.24, 2.45) is 0 Å². The lowest BCUT2D eigenvalue weighted by Gasteiger charge is -2.34. The van der Waals surface area contributed by atoms with Crippen LogP contribution in [0.3, 0.4) is 0 Å². The van der Waals surface area contributed by atoms with Crippen LogP contribution in [0.15, 0.2) is 158 Å². The first-order valence-corrected chi connectivity index (χ1v) is 17.5. The summed E-state index contributed by atoms with van der Waals surface area (Å²) < 4.78 is 16.7. The highest BCUT2D eigenvalue weighted by molar-refractivity contribution is 5.96. The maximum absolute atomic E-state index is 5.85. The van der Waals surface area contributed by atoms with Crippen LogP contribution in [-0.4, -0.2) is 22.3 Å². The summed E-state index contributed by atoms with van der Waals surface area (Å²) in [5.74, 6) is 6.43. The number of ether oxygens (including phenoxy) is 2. The van der Waals surface area contributed by atoms with Crippen molar-refractivity contribution >= 4 is 21.8 Å². The van der Waals surface area contributed by atoms with Gasteiger partial charge in [-0.3, -0.25) is 0 Å². The molecule has 1 aliphatic rings. The molecule has 0 aliphatic heterocycles. The fraction of sp³-hybridized carbons (Fsp3) is 0.0833. The molecule has 0 radical (unpaired) electrons. The largest absolute Gasteiger partial charge is 0.481 e. The number of hydrogen-bond donors (Lipinski definition) is 0. The lowest BCUT2D eigenvalue weighted by atomic mass is 9.72. The summed E-state index contributed by atoms with van der Waals surface area (Å²) in [5, 5.41) is 2.43. The number of hydrogen-bond acceptors (Lipinski definition) is 2. The normalized spacial score (nSPS) is 14.7. The van der Waals surface area contributed by atoms with Crippen LogP contribution >= 0.6 is 0 Å². The molecule has 2 heterocycles. The van der Waals surface area contributed by atoms with Gasteiger partial charge in [0, 0.05) is 33.5 Å². The van der Waals surface area contributed by atoms with E-state index in [2.05, 4.69) is 154 Å². The maximum Gasteiger partial charge on any atom is 0.148 e. The van der Waals surface area contributed by atoms with Gasteiger partial charge >= 0.3 is 0 Å². The fourth-order valence-corrected chi connectivity index (χ4v) is 8.14. The zero-order chi connectivity index (χ0) is 35.0. The predicted molar refractivity (Wildman–Crippen MR) is 210 cm³/mol. The van der Waals surface area contributed by atoms with E-state index in [9.17, 15) is 0 Å². The van der Waals surface area contributed by atoms with Gasteiger partial charge in [0.15, 0.2) is 0 Å². The van der Waals surface area contributed by atoms with E-state index in [0.29, 0.717) is 0 Å². The SMILES string of the molecule is C#CCOc1ccc(C2c3c(n(-c4ccccc4)c4ccccc34)C(c3ccc(OCC#C)cc3)c3c2n(-c2ccccc2)c2ccccc32)cc1. The third-order valence-electron chi connectivity index (χ3n) is 10.1. The number of aromatic nitrogens is 2. The molecule has 2 aromatic heterocycles. The van der Waals surface area contributed by atoms with Gasteiger partial charge in [0.05, 0.1) is 22.9 Å². The minimum Gasteiger partial charge on any atom is -0.481 e. The van der Waals surface area contributed by atoms with E-state index >= 15 is 0 Å². The summed E-state index contributed by atoms with van der Waals surface area (Å²) in [6.45, 7) is 0.441. The van der Waals surface area contributed by atoms with Crippen molar-refractivity contribution < 1.29 is 9.47 Å². The summed E-state index contributed by atoms with van der Waals surface area (Å²) in [5.41, 5.74) is 11.9. The van der Waals surface area contributed by atoms with Crippen LogP contribution < -0.4 is 9.47 Å². The van der Waals surface area contributed by atoms with Gasteiger partial charge in [0.1, 0.15) is 24.7 Å². The predicted octanol–water partition coefficient (Wildman–Crippen LogP) is 10.3. The Balaban J connectivity index is 1.44. The van der Waals surface area contributed by atoms with Crippen molar-refractivity contribution in [1.29, 1.82) is 0 Å². The Kier molecular flexibility index (Phi) is 7.84. The van der Waals surface area contributed by atoms with Gasteiger partial charge in [-0.2, -0.15) is 0 Å². The smallest absolute Gasteiger partial charge is 0.148 e. The van der Waals surface area contributed by atoms with Crippen molar-refractivity contribution in [2.75, 3.05) is 13.2 Å². The molecule has 8 aromatic rings. The summed E-state index contributed by atoms with van der Waals surface area (Å²) in [4.78, 5) is 0. The number of fused-ring (bicyclic) bond motifs is 6. The molecule has 0 fully saturated rings. The van der Waals surface area contributed by atoms with Crippen molar-refractivity contribution in [3.05, 3.63) is 191 Å². The van der Waals surface area contributed by atoms with E-state index in [0.717, 1.165) is 33.9 Å². The average molecular weight is 671 g/mol. The molecule has 2 atom stereocenters. The van der Waals surface area contributed by atoms with E-state index in [4.69, 9.17) is 22.3 Å². The quantitative estimate of drug-likeness (QED) is 0.151. The molecule has 0 N–H and O–H groups in total. The summed E-state index contributed by atoms with van der Waals surface area (Å²) in [6.07, 6.45) is 11.1. The lowest BCUT2D eigenvalue weighted by molar-refractivity contribution is 0.370. The molecular formula is C48H34N2O2. The minimum atomic E-state index is -0.122. The Morgan fingerprint density at radius 3 is 1.19 bits per heavy atom. The Labute approximate surface area is 303 Å². The summed E-state index contributed by atoms with van der Waals surface area (Å²) >= 11 is 0. The first-order chi connectivity index (χ1) is 25.8. The summed E-state index contributed by atoms with van der Waals surface area (Å²) in [7, 11) is 0. The topological polar surface area (TPSA) is 28.3 Å². The van der Waals surface area contributed by atoms with E-state index in [1.807, 2.05) is 24.3 Å². The molecule has 52 heavy (non-hydrogen) atoms. The molecule has 6 aromatic carbocycles. The highest BCUT2D eigenvalue weighted by Crippen LogP contribution is 2.56. The van der Waals surface area contributed by atoms with Gasteiger partial charge < -0.3 is 18.6 Å². The highest BCUT2D eigenvalue weighted by atomic mass is 16.5. The molecule has 2 unspecified atom stereocenters. The molecule has 9 rings (SSSR count). The van der Waals surface area contributed by atoms with Crippen LogP contribution in [-0.2, 0) is 0 Å². The van der Waals surface area contributed by atoms with Crippen molar-refractivity contribution in [3.63, 3.8) is 0 Å². The molecule has 0 bridgehead atoms. The molecular weight excluding hydrogens is 637 g/mol. The zero-order valence-electron chi connectivity index (χ0n) is 28.4. The first-order valence-electron chi connectivity index (χ1n) is 17.5. The fourth-order valence-electron chi connectivity index (χ4n) is 8.14. The lowest BCUT2D eigenvalue weighted by Crippen LogP contribution is -2.23. The van der Waals surface area contributed by atoms with Crippen molar-refractivity contribution in [3.8, 4) is 47.6 Å². The second-order valence-electron chi connectivity index (χ2n) is 13.0. The van der Waals surface area contributed by atoms with E-state index in [1.54, 1.807) is 0 Å². The van der Waals surface area contributed by atoms with Crippen LogP contribution in [0.1, 0.15) is 45.5 Å². The highest BCUT2D eigenvalue weighted by Gasteiger charge is 2.43. The van der Waals surface area contributed by atoms with Gasteiger partial charge in [0.25, 0.3) is 0 Å². The molecule has 1 aliphatic carbocycles. The van der Waals surface area contributed by atoms with Crippen LogP contribution in [0.5, 0.6) is 11.5 Å². The second kappa shape index (κ2) is 13.1. The average Bonchev–Trinajstić information content (AvgIpc) is 3.73. The molecule has 0 saturated heterocycles. The molecule has 248 valence electrons. The Bertz CT molecular complexity index is 2450. The van der Waals surface area contributed by atoms with Gasteiger partial charge in [-0.25, -0.2) is 0 Å². The van der Waals surface area contributed by atoms with Crippen LogP contribution in [0.2, 0.25) is 0 Å². The van der Waals surface area contributed by atoms with E-state index < -0.39 is 0 Å². The minimum absolute atomic E-state index is 0.122. The Hall–Kier alpha value is -6.88. The Morgan fingerprint density at radius 2 is 0.808 bits per heavy atom. The van der Waals surface area contributed by atoms with E-state index in [1.165, 1.54) is 44.4 Å². The number of benzene rings is 6. The van der Waals surface area contributed by atoms with Crippen molar-refractivity contribution in [2.45, 2.75) is 11.8 Å². The van der Waals surface area contributed by atoms with Crippen LogP contribution in [0.4, 0.5) is 0 Å². The number of nitrogens with zero attached hydrogens (tertiary/aromatic N) is 2. The van der Waals surface area contributed by atoms with E-state index in [-0.39, 0.29) is 25.0 Å². The van der Waals surface area contributed by atoms with Gasteiger partial charge in [0.2, 0.25) is 0 Å². The number of terminal acetylenes is 2. The number of para-hydroxylation sites is 4. The third-order valence-corrected chi connectivity index (χ3v) is 10.1. The molecule has 4 nitrogen and oxygen atoms in total. The molecule has 0 spiro atoms. The molecule has 0 amide bonds. The van der Waals surface area contributed by atoms with Crippen LogP contribution in [0.25, 0.3) is 33.2 Å². The van der Waals surface area contributed by atoms with Gasteiger partial charge in [-0.15, -0.1) is 12.8 Å². The molecule has 4 heteroatoms. The molecule has 0 saturated carbocycles. The number of rotatable bonds is 8. The maximum atomic E-state index is 5.85. The third kappa shape index (κ3) is 5.05. The van der Waals surface area contributed by atoms with Crippen molar-refractivity contribution in [1.82, 2.24) is 9.13 Å². The van der Waals surface area contributed by atoms with Gasteiger partial charge in [-0.1, -0.05) is 109 Å². The Morgan fingerprint density at radius 1 is 0.442 bits per heavy atom.